The van der Waals surface area contributed by atoms with Gasteiger partial charge >= 0.3 is 0 Å². The Hall–Kier alpha value is -3.09. The summed E-state index contributed by atoms with van der Waals surface area (Å²) < 4.78 is 44.4. The molecule has 1 heterocycles. The number of hydrogen-bond acceptors (Lipinski definition) is 3. The monoisotopic (exact) mass is 332 g/mol. The first-order valence-electron chi connectivity index (χ1n) is 6.98. The minimum absolute atomic E-state index is 0.0442. The maximum absolute atomic E-state index is 13.7. The van der Waals surface area contributed by atoms with Crippen LogP contribution in [0.5, 0.6) is 0 Å². The Labute approximate surface area is 134 Å². The van der Waals surface area contributed by atoms with E-state index in [9.17, 15) is 18.0 Å². The van der Waals surface area contributed by atoms with Gasteiger partial charge in [0, 0.05) is 17.7 Å². The average Bonchev–Trinajstić information content (AvgIpc) is 3.02. The molecule has 0 saturated heterocycles. The number of carbonyl (C=O) groups excluding carboxylic acids is 1. The van der Waals surface area contributed by atoms with E-state index in [0.29, 0.717) is 11.3 Å². The van der Waals surface area contributed by atoms with Crippen molar-refractivity contribution in [3.05, 3.63) is 77.2 Å². The van der Waals surface area contributed by atoms with Gasteiger partial charge in [0.1, 0.15) is 23.1 Å². The van der Waals surface area contributed by atoms with Crippen molar-refractivity contribution in [3.63, 3.8) is 0 Å². The fourth-order valence-corrected chi connectivity index (χ4v) is 2.09. The summed E-state index contributed by atoms with van der Waals surface area (Å²) in [5.74, 6) is -2.18. The molecule has 0 radical (unpaired) electrons. The van der Waals surface area contributed by atoms with Crippen LogP contribution >= 0.6 is 0 Å². The molecule has 1 amide bonds. The molecule has 7 heteroatoms. The third-order valence-corrected chi connectivity index (χ3v) is 3.29. The second-order valence-corrected chi connectivity index (χ2v) is 5.00. The molecule has 0 fully saturated rings. The Morgan fingerprint density at radius 2 is 1.71 bits per heavy atom. The van der Waals surface area contributed by atoms with Crippen molar-refractivity contribution in [2.45, 2.75) is 6.54 Å². The predicted octanol–water partition coefficient (Wildman–Crippen LogP) is 3.69. The lowest BCUT2D eigenvalue weighted by Gasteiger charge is -2.02. The number of amides is 1. The van der Waals surface area contributed by atoms with Crippen molar-refractivity contribution >= 4 is 5.91 Å². The molecule has 122 valence electrons. The van der Waals surface area contributed by atoms with Crippen LogP contribution in [0.25, 0.3) is 11.3 Å². The van der Waals surface area contributed by atoms with Crippen LogP contribution < -0.4 is 5.32 Å². The fraction of sp³-hybridized carbons (Fsp3) is 0.0588. The normalized spacial score (nSPS) is 10.6. The topological polar surface area (TPSA) is 55.1 Å². The summed E-state index contributed by atoms with van der Waals surface area (Å²) in [4.78, 5) is 11.9. The molecule has 2 aromatic carbocycles. The first-order valence-corrected chi connectivity index (χ1v) is 6.98. The third kappa shape index (κ3) is 3.45. The smallest absolute Gasteiger partial charge is 0.251 e. The number of carbonyl (C=O) groups is 1. The van der Waals surface area contributed by atoms with Crippen LogP contribution in [0.3, 0.4) is 0 Å². The Kier molecular flexibility index (Phi) is 4.33. The summed E-state index contributed by atoms with van der Waals surface area (Å²) in [7, 11) is 0. The lowest BCUT2D eigenvalue weighted by Crippen LogP contribution is -2.22. The largest absolute Gasteiger partial charge is 0.356 e. The van der Waals surface area contributed by atoms with Crippen LogP contribution in [-0.2, 0) is 6.54 Å². The molecule has 4 nitrogen and oxygen atoms in total. The fourth-order valence-electron chi connectivity index (χ4n) is 2.09. The highest BCUT2D eigenvalue weighted by Gasteiger charge is 2.13. The quantitative estimate of drug-likeness (QED) is 0.793. The molecular weight excluding hydrogens is 321 g/mol. The minimum Gasteiger partial charge on any atom is -0.356 e. The molecule has 0 aliphatic rings. The van der Waals surface area contributed by atoms with Gasteiger partial charge in [-0.15, -0.1) is 0 Å². The van der Waals surface area contributed by atoms with E-state index in [-0.39, 0.29) is 17.9 Å². The molecule has 0 aliphatic heterocycles. The van der Waals surface area contributed by atoms with Crippen LogP contribution in [0.4, 0.5) is 13.2 Å². The van der Waals surface area contributed by atoms with E-state index in [2.05, 4.69) is 10.5 Å². The average molecular weight is 332 g/mol. The van der Waals surface area contributed by atoms with E-state index < -0.39 is 23.4 Å². The van der Waals surface area contributed by atoms with Crippen molar-refractivity contribution in [3.8, 4) is 11.3 Å². The molecule has 0 unspecified atom stereocenters. The van der Waals surface area contributed by atoms with Gasteiger partial charge in [-0.05, 0) is 36.4 Å². The summed E-state index contributed by atoms with van der Waals surface area (Å²) >= 11 is 0. The summed E-state index contributed by atoms with van der Waals surface area (Å²) in [6.07, 6.45) is 0. The summed E-state index contributed by atoms with van der Waals surface area (Å²) in [5.41, 5.74) is 0.730. The summed E-state index contributed by atoms with van der Waals surface area (Å²) in [6.45, 7) is 0.0442. The first-order chi connectivity index (χ1) is 11.5. The molecule has 3 rings (SSSR count). The number of nitrogens with one attached hydrogen (secondary N) is 1. The molecular formula is C17H11F3N2O2. The van der Waals surface area contributed by atoms with Gasteiger partial charge in [-0.25, -0.2) is 13.2 Å². The highest BCUT2D eigenvalue weighted by molar-refractivity contribution is 5.94. The molecule has 0 saturated carbocycles. The van der Waals surface area contributed by atoms with Gasteiger partial charge in [-0.2, -0.15) is 0 Å². The zero-order valence-electron chi connectivity index (χ0n) is 12.2. The van der Waals surface area contributed by atoms with Crippen molar-refractivity contribution < 1.29 is 22.5 Å². The van der Waals surface area contributed by atoms with Crippen LogP contribution in [0.2, 0.25) is 0 Å². The number of aromatic nitrogens is 1. The number of rotatable bonds is 4. The molecule has 0 aliphatic carbocycles. The predicted molar refractivity (Wildman–Crippen MR) is 79.4 cm³/mol. The Morgan fingerprint density at radius 1 is 1.00 bits per heavy atom. The van der Waals surface area contributed by atoms with Gasteiger partial charge < -0.3 is 9.84 Å². The highest BCUT2D eigenvalue weighted by atomic mass is 19.1. The molecule has 1 aromatic heterocycles. The van der Waals surface area contributed by atoms with Gasteiger partial charge in [0.15, 0.2) is 5.76 Å². The number of benzene rings is 2. The number of hydrogen-bond donors (Lipinski definition) is 1. The Morgan fingerprint density at radius 3 is 2.42 bits per heavy atom. The van der Waals surface area contributed by atoms with E-state index in [1.807, 2.05) is 0 Å². The Balaban J connectivity index is 1.68. The standard InChI is InChI=1S/C17H11F3N2O2/c18-11-3-1-10(2-4-11)17(23)21-9-13-8-16(24-22-13)14-6-5-12(19)7-15(14)20/h1-8H,9H2,(H,21,23). The lowest BCUT2D eigenvalue weighted by atomic mass is 10.1. The van der Waals surface area contributed by atoms with Crippen LogP contribution in [0, 0.1) is 17.5 Å². The van der Waals surface area contributed by atoms with E-state index in [1.165, 1.54) is 36.4 Å². The van der Waals surface area contributed by atoms with Gasteiger partial charge in [-0.3, -0.25) is 4.79 Å². The number of nitrogens with zero attached hydrogens (tertiary/aromatic N) is 1. The SMILES string of the molecule is O=C(NCc1cc(-c2ccc(F)cc2F)on1)c1ccc(F)cc1. The second-order valence-electron chi connectivity index (χ2n) is 5.00. The zero-order valence-corrected chi connectivity index (χ0v) is 12.2. The van der Waals surface area contributed by atoms with E-state index in [1.54, 1.807) is 0 Å². The zero-order chi connectivity index (χ0) is 17.1. The van der Waals surface area contributed by atoms with E-state index >= 15 is 0 Å². The molecule has 3 aromatic rings. The van der Waals surface area contributed by atoms with Gasteiger partial charge in [0.05, 0.1) is 12.1 Å². The minimum atomic E-state index is -0.770. The maximum Gasteiger partial charge on any atom is 0.251 e. The highest BCUT2D eigenvalue weighted by Crippen LogP contribution is 2.24. The van der Waals surface area contributed by atoms with Gasteiger partial charge in [-0.1, -0.05) is 5.16 Å². The van der Waals surface area contributed by atoms with Crippen molar-refractivity contribution in [1.29, 1.82) is 0 Å². The number of halogens is 3. The van der Waals surface area contributed by atoms with Crippen molar-refractivity contribution in [2.24, 2.45) is 0 Å². The van der Waals surface area contributed by atoms with Crippen LogP contribution in [-0.4, -0.2) is 11.1 Å². The molecule has 1 N–H and O–H groups in total. The molecule has 0 spiro atoms. The summed E-state index contributed by atoms with van der Waals surface area (Å²) in [5, 5.41) is 6.31. The Bertz CT molecular complexity index is 876. The third-order valence-electron chi connectivity index (χ3n) is 3.29. The molecule has 0 atom stereocenters. The summed E-state index contributed by atoms with van der Waals surface area (Å²) in [6, 6.07) is 9.61. The molecule has 24 heavy (non-hydrogen) atoms. The van der Waals surface area contributed by atoms with E-state index in [4.69, 9.17) is 4.52 Å². The van der Waals surface area contributed by atoms with Crippen molar-refractivity contribution in [2.75, 3.05) is 0 Å². The second kappa shape index (κ2) is 6.57. The van der Waals surface area contributed by atoms with Gasteiger partial charge in [0.2, 0.25) is 0 Å². The van der Waals surface area contributed by atoms with Crippen molar-refractivity contribution in [1.82, 2.24) is 10.5 Å². The van der Waals surface area contributed by atoms with Crippen LogP contribution in [0.15, 0.2) is 53.1 Å². The maximum atomic E-state index is 13.7. The van der Waals surface area contributed by atoms with E-state index in [0.717, 1.165) is 12.1 Å². The lowest BCUT2D eigenvalue weighted by molar-refractivity contribution is 0.0950. The van der Waals surface area contributed by atoms with Crippen LogP contribution in [0.1, 0.15) is 16.1 Å². The molecule has 0 bridgehead atoms. The first kappa shape index (κ1) is 15.8. The van der Waals surface area contributed by atoms with Gasteiger partial charge in [0.25, 0.3) is 5.91 Å².